The molecule has 0 atom stereocenters. The summed E-state index contributed by atoms with van der Waals surface area (Å²) in [6.07, 6.45) is 0. The second kappa shape index (κ2) is 6.24. The molecule has 0 spiro atoms. The number of carbonyl (C=O) groups is 2. The highest BCUT2D eigenvalue weighted by atomic mass is 79.9. The van der Waals surface area contributed by atoms with Crippen LogP contribution in [0, 0.1) is 5.82 Å². The van der Waals surface area contributed by atoms with Crippen molar-refractivity contribution in [1.82, 2.24) is 0 Å². The number of carboxylic acid groups (broad SMARTS) is 1. The molecule has 2 rings (SSSR count). The highest BCUT2D eigenvalue weighted by Gasteiger charge is 2.11. The minimum Gasteiger partial charge on any atom is -0.478 e. The van der Waals surface area contributed by atoms with Crippen LogP contribution < -0.4 is 5.32 Å². The number of benzene rings is 2. The van der Waals surface area contributed by atoms with Crippen molar-refractivity contribution >= 4 is 45.1 Å². The van der Waals surface area contributed by atoms with E-state index >= 15 is 0 Å². The zero-order valence-electron chi connectivity index (χ0n) is 10.4. The summed E-state index contributed by atoms with van der Waals surface area (Å²) in [6, 6.07) is 7.84. The van der Waals surface area contributed by atoms with E-state index in [0.29, 0.717) is 10.2 Å². The molecule has 108 valence electrons. The van der Waals surface area contributed by atoms with Gasteiger partial charge in [-0.05, 0) is 36.4 Å². The van der Waals surface area contributed by atoms with Gasteiger partial charge in [-0.15, -0.1) is 0 Å². The standard InChI is InChI=1S/C14H8BrClFNO3/c15-9-3-8(14(20)21)4-10(6-9)18-13(19)7-1-2-12(17)11(16)5-7/h1-6H,(H,18,19)(H,20,21). The van der Waals surface area contributed by atoms with Crippen molar-refractivity contribution in [2.24, 2.45) is 0 Å². The van der Waals surface area contributed by atoms with Gasteiger partial charge in [-0.25, -0.2) is 9.18 Å². The van der Waals surface area contributed by atoms with Gasteiger partial charge in [0.05, 0.1) is 10.6 Å². The Bertz CT molecular complexity index is 736. The minimum atomic E-state index is -1.11. The molecular weight excluding hydrogens is 365 g/mol. The summed E-state index contributed by atoms with van der Waals surface area (Å²) in [4.78, 5) is 23.0. The Kier molecular flexibility index (Phi) is 4.59. The fourth-order valence-corrected chi connectivity index (χ4v) is 2.30. The maximum atomic E-state index is 13.0. The molecule has 0 unspecified atom stereocenters. The van der Waals surface area contributed by atoms with Gasteiger partial charge >= 0.3 is 5.97 Å². The van der Waals surface area contributed by atoms with Gasteiger partial charge in [0.1, 0.15) is 5.82 Å². The van der Waals surface area contributed by atoms with Crippen LogP contribution in [0.2, 0.25) is 5.02 Å². The second-order valence-corrected chi connectivity index (χ2v) is 5.44. The Labute approximate surface area is 132 Å². The van der Waals surface area contributed by atoms with Gasteiger partial charge in [0.2, 0.25) is 0 Å². The van der Waals surface area contributed by atoms with E-state index in [2.05, 4.69) is 21.2 Å². The molecule has 7 heteroatoms. The van der Waals surface area contributed by atoms with Crippen molar-refractivity contribution in [3.63, 3.8) is 0 Å². The summed E-state index contributed by atoms with van der Waals surface area (Å²) >= 11 is 8.78. The third-order valence-electron chi connectivity index (χ3n) is 2.58. The lowest BCUT2D eigenvalue weighted by atomic mass is 10.1. The molecule has 0 heterocycles. The van der Waals surface area contributed by atoms with Gasteiger partial charge < -0.3 is 10.4 Å². The van der Waals surface area contributed by atoms with Gasteiger partial charge in [-0.2, -0.15) is 0 Å². The molecule has 0 saturated carbocycles. The second-order valence-electron chi connectivity index (χ2n) is 4.12. The topological polar surface area (TPSA) is 66.4 Å². The summed E-state index contributed by atoms with van der Waals surface area (Å²) in [5.74, 6) is -2.26. The van der Waals surface area contributed by atoms with Crippen molar-refractivity contribution in [2.45, 2.75) is 0 Å². The maximum Gasteiger partial charge on any atom is 0.335 e. The lowest BCUT2D eigenvalue weighted by Crippen LogP contribution is -2.12. The van der Waals surface area contributed by atoms with Crippen LogP contribution in [0.3, 0.4) is 0 Å². The number of anilines is 1. The molecule has 0 bridgehead atoms. The molecule has 0 aliphatic heterocycles. The number of hydrogen-bond donors (Lipinski definition) is 2. The first kappa shape index (κ1) is 15.5. The maximum absolute atomic E-state index is 13.0. The highest BCUT2D eigenvalue weighted by molar-refractivity contribution is 9.10. The Balaban J connectivity index is 2.27. The Hall–Kier alpha value is -1.92. The molecule has 2 N–H and O–H groups in total. The number of hydrogen-bond acceptors (Lipinski definition) is 2. The molecule has 0 radical (unpaired) electrons. The lowest BCUT2D eigenvalue weighted by Gasteiger charge is -2.07. The molecule has 4 nitrogen and oxygen atoms in total. The van der Waals surface area contributed by atoms with E-state index in [1.54, 1.807) is 6.07 Å². The van der Waals surface area contributed by atoms with Crippen LogP contribution in [0.15, 0.2) is 40.9 Å². The number of aromatic carboxylic acids is 1. The molecule has 0 aromatic heterocycles. The van der Waals surface area contributed by atoms with Crippen LogP contribution in [0.1, 0.15) is 20.7 Å². The van der Waals surface area contributed by atoms with Crippen LogP contribution in [0.25, 0.3) is 0 Å². The van der Waals surface area contributed by atoms with Crippen LogP contribution in [0.4, 0.5) is 10.1 Å². The summed E-state index contributed by atoms with van der Waals surface area (Å²) < 4.78 is 13.6. The first-order valence-corrected chi connectivity index (χ1v) is 6.84. The molecule has 0 aliphatic carbocycles. The zero-order valence-corrected chi connectivity index (χ0v) is 12.7. The van der Waals surface area contributed by atoms with Gasteiger partial charge in [0, 0.05) is 15.7 Å². The van der Waals surface area contributed by atoms with Crippen molar-refractivity contribution in [2.75, 3.05) is 5.32 Å². The van der Waals surface area contributed by atoms with Gasteiger partial charge in [-0.1, -0.05) is 27.5 Å². The minimum absolute atomic E-state index is 0.0248. The average Bonchev–Trinajstić information content (AvgIpc) is 2.41. The fourth-order valence-electron chi connectivity index (χ4n) is 1.63. The van der Waals surface area contributed by atoms with Gasteiger partial charge in [-0.3, -0.25) is 4.79 Å². The van der Waals surface area contributed by atoms with Crippen LogP contribution in [-0.2, 0) is 0 Å². The third kappa shape index (κ3) is 3.80. The number of rotatable bonds is 3. The first-order chi connectivity index (χ1) is 9.86. The van der Waals surface area contributed by atoms with E-state index in [-0.39, 0.29) is 16.1 Å². The van der Waals surface area contributed by atoms with E-state index < -0.39 is 17.7 Å². The van der Waals surface area contributed by atoms with E-state index in [4.69, 9.17) is 16.7 Å². The Morgan fingerprint density at radius 2 is 1.86 bits per heavy atom. The predicted octanol–water partition coefficient (Wildman–Crippen LogP) is 4.19. The molecule has 0 aliphatic rings. The number of carboxylic acids is 1. The highest BCUT2D eigenvalue weighted by Crippen LogP contribution is 2.21. The monoisotopic (exact) mass is 371 g/mol. The van der Waals surface area contributed by atoms with E-state index in [9.17, 15) is 14.0 Å². The van der Waals surface area contributed by atoms with E-state index in [1.165, 1.54) is 24.3 Å². The SMILES string of the molecule is O=C(O)c1cc(Br)cc(NC(=O)c2ccc(F)c(Cl)c2)c1. The van der Waals surface area contributed by atoms with Crippen molar-refractivity contribution in [3.8, 4) is 0 Å². The molecule has 21 heavy (non-hydrogen) atoms. The summed E-state index contributed by atoms with van der Waals surface area (Å²) in [5.41, 5.74) is 0.488. The van der Waals surface area contributed by atoms with Crippen molar-refractivity contribution in [3.05, 3.63) is 62.8 Å². The molecule has 2 aromatic rings. The molecule has 1 amide bonds. The third-order valence-corrected chi connectivity index (χ3v) is 3.33. The molecule has 2 aromatic carbocycles. The fraction of sp³-hybridized carbons (Fsp3) is 0. The van der Waals surface area contributed by atoms with Crippen LogP contribution >= 0.6 is 27.5 Å². The number of amides is 1. The smallest absolute Gasteiger partial charge is 0.335 e. The summed E-state index contributed by atoms with van der Waals surface area (Å²) in [6.45, 7) is 0. The number of carbonyl (C=O) groups excluding carboxylic acids is 1. The van der Waals surface area contributed by atoms with Crippen molar-refractivity contribution < 1.29 is 19.1 Å². The van der Waals surface area contributed by atoms with E-state index in [0.717, 1.165) is 6.07 Å². The first-order valence-electron chi connectivity index (χ1n) is 5.67. The zero-order chi connectivity index (χ0) is 15.6. The van der Waals surface area contributed by atoms with Gasteiger partial charge in [0.15, 0.2) is 0 Å². The average molecular weight is 373 g/mol. The quantitative estimate of drug-likeness (QED) is 0.849. The summed E-state index contributed by atoms with van der Waals surface area (Å²) in [7, 11) is 0. The Morgan fingerprint density at radius 3 is 2.48 bits per heavy atom. The Morgan fingerprint density at radius 1 is 1.14 bits per heavy atom. The number of halogens is 3. The normalized spacial score (nSPS) is 10.2. The lowest BCUT2D eigenvalue weighted by molar-refractivity contribution is 0.0696. The summed E-state index contributed by atoms with van der Waals surface area (Å²) in [5, 5.41) is 11.3. The largest absolute Gasteiger partial charge is 0.478 e. The molecule has 0 saturated heterocycles. The van der Waals surface area contributed by atoms with Crippen LogP contribution in [-0.4, -0.2) is 17.0 Å². The molecular formula is C14H8BrClFNO3. The number of nitrogens with one attached hydrogen (secondary N) is 1. The molecule has 0 fully saturated rings. The van der Waals surface area contributed by atoms with Gasteiger partial charge in [0.25, 0.3) is 5.91 Å². The predicted molar refractivity (Wildman–Crippen MR) is 80.5 cm³/mol. The van der Waals surface area contributed by atoms with Crippen molar-refractivity contribution in [1.29, 1.82) is 0 Å². The van der Waals surface area contributed by atoms with Crippen LogP contribution in [0.5, 0.6) is 0 Å². The van der Waals surface area contributed by atoms with E-state index in [1.807, 2.05) is 0 Å².